The van der Waals surface area contributed by atoms with Gasteiger partial charge in [-0.05, 0) is 50.2 Å². The molecule has 3 N–H and O–H groups in total. The minimum atomic E-state index is -0.983. The maximum absolute atomic E-state index is 12.9. The van der Waals surface area contributed by atoms with Crippen molar-refractivity contribution in [1.82, 2.24) is 19.6 Å². The Morgan fingerprint density at radius 1 is 1.16 bits per heavy atom. The van der Waals surface area contributed by atoms with Gasteiger partial charge in [0.2, 0.25) is 0 Å². The molecule has 1 unspecified atom stereocenters. The van der Waals surface area contributed by atoms with Gasteiger partial charge in [-0.1, -0.05) is 12.1 Å². The van der Waals surface area contributed by atoms with E-state index in [-0.39, 0.29) is 18.2 Å². The van der Waals surface area contributed by atoms with Gasteiger partial charge in [-0.2, -0.15) is 5.10 Å². The van der Waals surface area contributed by atoms with Crippen molar-refractivity contribution in [1.29, 1.82) is 0 Å². The van der Waals surface area contributed by atoms with E-state index >= 15 is 0 Å². The Hall–Kier alpha value is -3.82. The number of fused-ring (bicyclic) bond motifs is 1. The van der Waals surface area contributed by atoms with Crippen LogP contribution in [0.25, 0.3) is 16.9 Å². The van der Waals surface area contributed by atoms with Crippen LogP contribution >= 0.6 is 0 Å². The molecule has 9 heteroatoms. The van der Waals surface area contributed by atoms with Crippen LogP contribution in [0.1, 0.15) is 21.9 Å². The van der Waals surface area contributed by atoms with Gasteiger partial charge in [0.05, 0.1) is 18.5 Å². The summed E-state index contributed by atoms with van der Waals surface area (Å²) in [6, 6.07) is 14.4. The average Bonchev–Trinajstić information content (AvgIpc) is 3.20. The maximum atomic E-state index is 12.9. The summed E-state index contributed by atoms with van der Waals surface area (Å²) in [5, 5.41) is 26.1. The number of carbonyl (C=O) groups is 1. The fraction of sp³-hybridized carbons (Fsp3) is 0.217. The Bertz CT molecular complexity index is 1250. The zero-order valence-electron chi connectivity index (χ0n) is 17.7. The van der Waals surface area contributed by atoms with Gasteiger partial charge in [0.25, 0.3) is 5.91 Å². The molecule has 1 aromatic carbocycles. The van der Waals surface area contributed by atoms with E-state index < -0.39 is 12.7 Å². The van der Waals surface area contributed by atoms with Crippen molar-refractivity contribution in [2.24, 2.45) is 0 Å². The SMILES string of the molecule is Cc1cc(NC(=O)c2cnc3ccc(-c4ccccc4OCC(O)CO)nn23)cc(C)n1. The molecule has 1 amide bonds. The number of ether oxygens (including phenoxy) is 1. The number of amides is 1. The van der Waals surface area contributed by atoms with Gasteiger partial charge < -0.3 is 20.3 Å². The van der Waals surface area contributed by atoms with E-state index in [1.54, 1.807) is 36.4 Å². The van der Waals surface area contributed by atoms with Crippen LogP contribution in [0.2, 0.25) is 0 Å². The number of nitrogens with one attached hydrogen (secondary N) is 1. The number of anilines is 1. The molecular formula is C23H23N5O4. The standard InChI is InChI=1S/C23H23N5O4/c1-14-9-16(10-15(2)25-14)26-23(31)20-11-24-22-8-7-19(27-28(20)22)18-5-3-4-6-21(18)32-13-17(30)12-29/h3-11,17,29-30H,12-13H2,1-2H3,(H,25,26,31). The number of carbonyl (C=O) groups excluding carboxylic acids is 1. The quantitative estimate of drug-likeness (QED) is 0.409. The number of imidazole rings is 1. The number of rotatable bonds is 7. The van der Waals surface area contributed by atoms with Crippen LogP contribution < -0.4 is 10.1 Å². The molecule has 0 fully saturated rings. The monoisotopic (exact) mass is 433 g/mol. The minimum Gasteiger partial charge on any atom is -0.490 e. The van der Waals surface area contributed by atoms with E-state index in [1.807, 2.05) is 26.0 Å². The molecule has 3 heterocycles. The van der Waals surface area contributed by atoms with Gasteiger partial charge in [-0.15, -0.1) is 0 Å². The van der Waals surface area contributed by atoms with E-state index in [9.17, 15) is 9.90 Å². The summed E-state index contributed by atoms with van der Waals surface area (Å²) in [7, 11) is 0. The molecule has 0 radical (unpaired) electrons. The second-order valence-corrected chi connectivity index (χ2v) is 7.37. The van der Waals surface area contributed by atoms with Crippen LogP contribution in [0.4, 0.5) is 5.69 Å². The second kappa shape index (κ2) is 9.13. The highest BCUT2D eigenvalue weighted by Gasteiger charge is 2.16. The third-order valence-electron chi connectivity index (χ3n) is 4.74. The Labute approximate surface area is 184 Å². The molecule has 32 heavy (non-hydrogen) atoms. The van der Waals surface area contributed by atoms with Crippen molar-refractivity contribution < 1.29 is 19.7 Å². The lowest BCUT2D eigenvalue weighted by atomic mass is 10.1. The Morgan fingerprint density at radius 2 is 1.91 bits per heavy atom. The van der Waals surface area contributed by atoms with Crippen LogP contribution in [0.5, 0.6) is 5.75 Å². The predicted octanol–water partition coefficient (Wildman–Crippen LogP) is 2.39. The summed E-state index contributed by atoms with van der Waals surface area (Å²) in [4.78, 5) is 21.5. The zero-order chi connectivity index (χ0) is 22.7. The van der Waals surface area contributed by atoms with Crippen molar-refractivity contribution in [2.75, 3.05) is 18.5 Å². The molecule has 0 saturated carbocycles. The molecule has 9 nitrogen and oxygen atoms in total. The number of para-hydroxylation sites is 1. The smallest absolute Gasteiger partial charge is 0.276 e. The molecule has 4 aromatic rings. The van der Waals surface area contributed by atoms with E-state index in [2.05, 4.69) is 20.4 Å². The third kappa shape index (κ3) is 4.58. The van der Waals surface area contributed by atoms with Crippen LogP contribution in [0.15, 0.2) is 54.7 Å². The summed E-state index contributed by atoms with van der Waals surface area (Å²) in [6.07, 6.45) is 0.491. The van der Waals surface area contributed by atoms with E-state index in [0.29, 0.717) is 28.3 Å². The molecule has 164 valence electrons. The van der Waals surface area contributed by atoms with Gasteiger partial charge in [0.15, 0.2) is 11.3 Å². The molecule has 0 spiro atoms. The van der Waals surface area contributed by atoms with Crippen molar-refractivity contribution in [3.05, 3.63) is 71.8 Å². The first kappa shape index (κ1) is 21.4. The Morgan fingerprint density at radius 3 is 2.66 bits per heavy atom. The van der Waals surface area contributed by atoms with Gasteiger partial charge in [-0.3, -0.25) is 9.78 Å². The highest BCUT2D eigenvalue weighted by Crippen LogP contribution is 2.28. The summed E-state index contributed by atoms with van der Waals surface area (Å²) < 4.78 is 7.13. The number of aryl methyl sites for hydroxylation is 2. The molecule has 1 atom stereocenters. The Balaban J connectivity index is 1.66. The summed E-state index contributed by atoms with van der Waals surface area (Å²) in [5.41, 5.74) is 4.31. The van der Waals surface area contributed by atoms with Crippen molar-refractivity contribution in [3.63, 3.8) is 0 Å². The normalized spacial score (nSPS) is 12.0. The summed E-state index contributed by atoms with van der Waals surface area (Å²) in [5.74, 6) is 0.156. The van der Waals surface area contributed by atoms with Crippen LogP contribution in [0, 0.1) is 13.8 Å². The van der Waals surface area contributed by atoms with Crippen LogP contribution in [-0.4, -0.2) is 55.0 Å². The zero-order valence-corrected chi connectivity index (χ0v) is 17.7. The second-order valence-electron chi connectivity index (χ2n) is 7.37. The number of aromatic nitrogens is 4. The molecule has 0 aliphatic rings. The third-order valence-corrected chi connectivity index (χ3v) is 4.74. The summed E-state index contributed by atoms with van der Waals surface area (Å²) >= 11 is 0. The molecular weight excluding hydrogens is 410 g/mol. The van der Waals surface area contributed by atoms with Gasteiger partial charge in [0, 0.05) is 22.6 Å². The first-order valence-electron chi connectivity index (χ1n) is 10.1. The molecule has 3 aromatic heterocycles. The van der Waals surface area contributed by atoms with Crippen molar-refractivity contribution >= 4 is 17.2 Å². The topological polar surface area (TPSA) is 122 Å². The van der Waals surface area contributed by atoms with Gasteiger partial charge in [-0.25, -0.2) is 9.50 Å². The number of pyridine rings is 1. The predicted molar refractivity (Wildman–Crippen MR) is 119 cm³/mol. The van der Waals surface area contributed by atoms with Crippen LogP contribution in [-0.2, 0) is 0 Å². The number of nitrogens with zero attached hydrogens (tertiary/aromatic N) is 4. The number of hydrogen-bond acceptors (Lipinski definition) is 7. The van der Waals surface area contributed by atoms with Crippen LogP contribution in [0.3, 0.4) is 0 Å². The number of aliphatic hydroxyl groups excluding tert-OH is 2. The highest BCUT2D eigenvalue weighted by atomic mass is 16.5. The van der Waals surface area contributed by atoms with Gasteiger partial charge >= 0.3 is 0 Å². The lowest BCUT2D eigenvalue weighted by molar-refractivity contribution is 0.0538. The number of hydrogen-bond donors (Lipinski definition) is 3. The molecule has 4 rings (SSSR count). The first-order valence-corrected chi connectivity index (χ1v) is 10.1. The van der Waals surface area contributed by atoms with E-state index in [4.69, 9.17) is 9.84 Å². The van der Waals surface area contributed by atoms with E-state index in [0.717, 1.165) is 11.4 Å². The molecule has 0 aliphatic carbocycles. The lowest BCUT2D eigenvalue weighted by Crippen LogP contribution is -2.21. The van der Waals surface area contributed by atoms with Crippen molar-refractivity contribution in [2.45, 2.75) is 20.0 Å². The fourth-order valence-corrected chi connectivity index (χ4v) is 3.32. The average molecular weight is 433 g/mol. The number of benzene rings is 1. The van der Waals surface area contributed by atoms with Gasteiger partial charge in [0.1, 0.15) is 18.5 Å². The minimum absolute atomic E-state index is 0.0563. The lowest BCUT2D eigenvalue weighted by Gasteiger charge is -2.13. The fourth-order valence-electron chi connectivity index (χ4n) is 3.32. The molecule has 0 aliphatic heterocycles. The largest absolute Gasteiger partial charge is 0.490 e. The maximum Gasteiger partial charge on any atom is 0.276 e. The molecule has 0 bridgehead atoms. The summed E-state index contributed by atoms with van der Waals surface area (Å²) in [6.45, 7) is 3.28. The first-order chi connectivity index (χ1) is 15.4. The highest BCUT2D eigenvalue weighted by molar-refractivity contribution is 6.03. The Kier molecular flexibility index (Phi) is 6.11. The van der Waals surface area contributed by atoms with Crippen molar-refractivity contribution in [3.8, 4) is 17.0 Å². The number of aliphatic hydroxyl groups is 2. The van der Waals surface area contributed by atoms with E-state index in [1.165, 1.54) is 10.7 Å². The molecule has 0 saturated heterocycles.